The molecule has 0 unspecified atom stereocenters. The highest BCUT2D eigenvalue weighted by Gasteiger charge is 1.92. The van der Waals surface area contributed by atoms with Crippen LogP contribution in [0.4, 0.5) is 0 Å². The van der Waals surface area contributed by atoms with Crippen LogP contribution >= 0.6 is 0 Å². The van der Waals surface area contributed by atoms with Crippen molar-refractivity contribution in [2.75, 3.05) is 0 Å². The smallest absolute Gasteiger partial charge is 0.184 e. The number of hydrogen-bond acceptors (Lipinski definition) is 3. The molecule has 0 amide bonds. The molecule has 0 N–H and O–H groups in total. The predicted molar refractivity (Wildman–Crippen MR) is 31.5 cm³/mol. The molecule has 0 spiro atoms. The largest absolute Gasteiger partial charge is 0.452 e. The Morgan fingerprint density at radius 3 is 1.67 bits per heavy atom. The van der Waals surface area contributed by atoms with E-state index in [0.717, 1.165) is 0 Å². The maximum absolute atomic E-state index is 9.77. The first-order valence-electron chi connectivity index (χ1n) is 2.16. The molecule has 0 aromatic rings. The van der Waals surface area contributed by atoms with Gasteiger partial charge in [0.15, 0.2) is 24.1 Å². The number of hydrogen-bond donors (Lipinski definition) is 0. The lowest BCUT2D eigenvalue weighted by Crippen LogP contribution is -1.91. The summed E-state index contributed by atoms with van der Waals surface area (Å²) in [5, 5.41) is 0. The quantitative estimate of drug-likeness (QED) is 0.311. The Morgan fingerprint density at radius 1 is 1.11 bits per heavy atom. The third-order valence-electron chi connectivity index (χ3n) is 0.525. The fourth-order valence-electron chi connectivity index (χ4n) is 0.216. The van der Waals surface area contributed by atoms with Crippen LogP contribution < -0.4 is 0 Å². The lowest BCUT2D eigenvalue weighted by Gasteiger charge is -1.96. The van der Waals surface area contributed by atoms with Gasteiger partial charge in [0.2, 0.25) is 0 Å². The van der Waals surface area contributed by atoms with E-state index in [2.05, 4.69) is 17.9 Å². The molecule has 0 aliphatic rings. The summed E-state index contributed by atoms with van der Waals surface area (Å²) in [7, 11) is 0. The van der Waals surface area contributed by atoms with E-state index in [0.29, 0.717) is 12.6 Å². The third kappa shape index (κ3) is 3.22. The SMILES string of the molecule is C=C(C=O)OC(=C)C=O. The van der Waals surface area contributed by atoms with Crippen molar-refractivity contribution in [1.29, 1.82) is 0 Å². The summed E-state index contributed by atoms with van der Waals surface area (Å²) in [6, 6.07) is 0. The molecule has 0 aromatic carbocycles. The van der Waals surface area contributed by atoms with Gasteiger partial charge in [0, 0.05) is 0 Å². The first-order valence-corrected chi connectivity index (χ1v) is 2.16. The van der Waals surface area contributed by atoms with E-state index in [9.17, 15) is 9.59 Å². The molecular formula is C6H6O3. The van der Waals surface area contributed by atoms with Crippen molar-refractivity contribution in [1.82, 2.24) is 0 Å². The Morgan fingerprint density at radius 2 is 1.44 bits per heavy atom. The van der Waals surface area contributed by atoms with Gasteiger partial charge in [-0.3, -0.25) is 9.59 Å². The van der Waals surface area contributed by atoms with Gasteiger partial charge in [-0.1, -0.05) is 13.2 Å². The molecule has 0 saturated heterocycles. The first-order chi connectivity index (χ1) is 4.20. The Balaban J connectivity index is 3.73. The predicted octanol–water partition coefficient (Wildman–Crippen LogP) is 0.428. The zero-order valence-corrected chi connectivity index (χ0v) is 4.79. The van der Waals surface area contributed by atoms with Gasteiger partial charge in [-0.05, 0) is 0 Å². The van der Waals surface area contributed by atoms with E-state index in [1.165, 1.54) is 0 Å². The van der Waals surface area contributed by atoms with Crippen LogP contribution in [0.2, 0.25) is 0 Å². The van der Waals surface area contributed by atoms with Crippen molar-refractivity contribution in [3.63, 3.8) is 0 Å². The summed E-state index contributed by atoms with van der Waals surface area (Å²) in [6.45, 7) is 6.30. The monoisotopic (exact) mass is 126 g/mol. The minimum atomic E-state index is -0.118. The Bertz CT molecular complexity index is 140. The van der Waals surface area contributed by atoms with Gasteiger partial charge in [-0.15, -0.1) is 0 Å². The third-order valence-corrected chi connectivity index (χ3v) is 0.525. The molecule has 0 aliphatic heterocycles. The summed E-state index contributed by atoms with van der Waals surface area (Å²) >= 11 is 0. The zero-order valence-electron chi connectivity index (χ0n) is 4.79. The Hall–Kier alpha value is -1.38. The fourth-order valence-corrected chi connectivity index (χ4v) is 0.216. The topological polar surface area (TPSA) is 43.4 Å². The molecule has 3 nitrogen and oxygen atoms in total. The Labute approximate surface area is 52.6 Å². The molecule has 0 fully saturated rings. The van der Waals surface area contributed by atoms with E-state index >= 15 is 0 Å². The molecule has 0 aromatic heterocycles. The lowest BCUT2D eigenvalue weighted by atomic mass is 10.6. The van der Waals surface area contributed by atoms with Crippen LogP contribution in [0.5, 0.6) is 0 Å². The van der Waals surface area contributed by atoms with Gasteiger partial charge in [-0.2, -0.15) is 0 Å². The van der Waals surface area contributed by atoms with Crippen LogP contribution in [-0.2, 0) is 14.3 Å². The second kappa shape index (κ2) is 3.60. The van der Waals surface area contributed by atoms with Gasteiger partial charge in [0.05, 0.1) is 0 Å². The molecule has 0 aliphatic carbocycles. The summed E-state index contributed by atoms with van der Waals surface area (Å²) in [4.78, 5) is 19.5. The van der Waals surface area contributed by atoms with Crippen molar-refractivity contribution in [2.24, 2.45) is 0 Å². The number of rotatable bonds is 4. The van der Waals surface area contributed by atoms with E-state index < -0.39 is 0 Å². The van der Waals surface area contributed by atoms with Gasteiger partial charge in [-0.25, -0.2) is 0 Å². The van der Waals surface area contributed by atoms with Crippen LogP contribution in [0, 0.1) is 0 Å². The minimum absolute atomic E-state index is 0.118. The highest BCUT2D eigenvalue weighted by Crippen LogP contribution is 1.94. The van der Waals surface area contributed by atoms with Crippen molar-refractivity contribution < 1.29 is 14.3 Å². The van der Waals surface area contributed by atoms with E-state index in [4.69, 9.17) is 0 Å². The molecule has 0 bridgehead atoms. The summed E-state index contributed by atoms with van der Waals surface area (Å²) in [5.74, 6) is -0.237. The van der Waals surface area contributed by atoms with Crippen molar-refractivity contribution >= 4 is 12.6 Å². The number of aldehydes is 2. The van der Waals surface area contributed by atoms with Gasteiger partial charge in [0.1, 0.15) is 0 Å². The number of ether oxygens (including phenoxy) is 1. The van der Waals surface area contributed by atoms with Crippen LogP contribution in [-0.4, -0.2) is 12.6 Å². The molecule has 48 valence electrons. The van der Waals surface area contributed by atoms with E-state index in [1.54, 1.807) is 0 Å². The maximum atomic E-state index is 9.77. The van der Waals surface area contributed by atoms with Crippen molar-refractivity contribution in [3.05, 3.63) is 24.7 Å². The zero-order chi connectivity index (χ0) is 7.28. The molecular weight excluding hydrogens is 120 g/mol. The highest BCUT2D eigenvalue weighted by atomic mass is 16.5. The van der Waals surface area contributed by atoms with Gasteiger partial charge < -0.3 is 4.74 Å². The molecule has 3 heteroatoms. The number of carbonyl (C=O) groups excluding carboxylic acids is 2. The Kier molecular flexibility index (Phi) is 3.05. The fraction of sp³-hybridized carbons (Fsp3) is 0. The molecule has 0 rings (SSSR count). The highest BCUT2D eigenvalue weighted by molar-refractivity contribution is 5.74. The van der Waals surface area contributed by atoms with Gasteiger partial charge in [0.25, 0.3) is 0 Å². The molecule has 0 heterocycles. The van der Waals surface area contributed by atoms with E-state index in [1.807, 2.05) is 0 Å². The molecule has 0 saturated carbocycles. The van der Waals surface area contributed by atoms with Crippen LogP contribution in [0.25, 0.3) is 0 Å². The molecule has 0 atom stereocenters. The average Bonchev–Trinajstić information content (AvgIpc) is 1.87. The second-order valence-electron chi connectivity index (χ2n) is 1.27. The van der Waals surface area contributed by atoms with Crippen LogP contribution in [0.15, 0.2) is 24.7 Å². The van der Waals surface area contributed by atoms with Crippen LogP contribution in [0.1, 0.15) is 0 Å². The number of allylic oxidation sites excluding steroid dienone is 2. The van der Waals surface area contributed by atoms with Crippen molar-refractivity contribution in [3.8, 4) is 0 Å². The summed E-state index contributed by atoms with van der Waals surface area (Å²) in [6.07, 6.45) is 0.795. The second-order valence-corrected chi connectivity index (χ2v) is 1.27. The summed E-state index contributed by atoms with van der Waals surface area (Å²) in [5.41, 5.74) is 0. The average molecular weight is 126 g/mol. The normalized spacial score (nSPS) is 7.56. The molecule has 9 heavy (non-hydrogen) atoms. The first kappa shape index (κ1) is 7.62. The van der Waals surface area contributed by atoms with E-state index in [-0.39, 0.29) is 11.5 Å². The standard InChI is InChI=1S/C6H6O3/c1-5(3-7)9-6(2)4-8/h3-4H,1-2H2. The lowest BCUT2D eigenvalue weighted by molar-refractivity contribution is -0.109. The minimum Gasteiger partial charge on any atom is -0.452 e. The molecule has 0 radical (unpaired) electrons. The van der Waals surface area contributed by atoms with Gasteiger partial charge >= 0.3 is 0 Å². The number of carbonyl (C=O) groups is 2. The van der Waals surface area contributed by atoms with Crippen molar-refractivity contribution in [2.45, 2.75) is 0 Å². The van der Waals surface area contributed by atoms with Crippen LogP contribution in [0.3, 0.4) is 0 Å². The summed E-state index contributed by atoms with van der Waals surface area (Å²) < 4.78 is 4.42. The maximum Gasteiger partial charge on any atom is 0.184 e.